The summed E-state index contributed by atoms with van der Waals surface area (Å²) in [6, 6.07) is 20.3. The van der Waals surface area contributed by atoms with Crippen molar-refractivity contribution in [2.75, 3.05) is 38.4 Å². The molecule has 3 aromatic carbocycles. The van der Waals surface area contributed by atoms with Gasteiger partial charge in [-0.05, 0) is 60.2 Å². The maximum atomic E-state index is 12.5. The van der Waals surface area contributed by atoms with Crippen molar-refractivity contribution in [3.05, 3.63) is 83.9 Å². The highest BCUT2D eigenvalue weighted by molar-refractivity contribution is 7.89. The quantitative estimate of drug-likeness (QED) is 0.397. The number of carbonyl (C=O) groups excluding carboxylic acids is 2. The standard InChI is InChI=1S/C25H28N4O5S/c1-29(2)35(32,33)23-7-5-4-6-19(23)16-27-24(30)17-26-20-10-8-18(9-11-20)25(31)28-21-12-14-22(34-3)15-13-21/h4-15,26H,16-17H2,1-3H3,(H,27,30)(H,28,31). The van der Waals surface area contributed by atoms with Gasteiger partial charge in [0.05, 0.1) is 18.6 Å². The third kappa shape index (κ3) is 6.81. The second kappa shape index (κ2) is 11.5. The van der Waals surface area contributed by atoms with Crippen molar-refractivity contribution >= 4 is 33.2 Å². The normalized spacial score (nSPS) is 11.1. The first-order valence-corrected chi connectivity index (χ1v) is 12.2. The van der Waals surface area contributed by atoms with Crippen LogP contribution in [0.1, 0.15) is 15.9 Å². The van der Waals surface area contributed by atoms with E-state index in [1.54, 1.807) is 73.8 Å². The molecule has 2 amide bonds. The van der Waals surface area contributed by atoms with Gasteiger partial charge in [0.1, 0.15) is 5.75 Å². The highest BCUT2D eigenvalue weighted by Crippen LogP contribution is 2.19. The lowest BCUT2D eigenvalue weighted by molar-refractivity contribution is -0.119. The lowest BCUT2D eigenvalue weighted by atomic mass is 10.2. The molecule has 0 spiro atoms. The molecule has 184 valence electrons. The van der Waals surface area contributed by atoms with E-state index in [0.717, 1.165) is 4.31 Å². The van der Waals surface area contributed by atoms with Crippen molar-refractivity contribution in [1.82, 2.24) is 9.62 Å². The summed E-state index contributed by atoms with van der Waals surface area (Å²) >= 11 is 0. The summed E-state index contributed by atoms with van der Waals surface area (Å²) < 4.78 is 31.2. The average molecular weight is 497 g/mol. The minimum atomic E-state index is -3.62. The number of nitrogens with zero attached hydrogens (tertiary/aromatic N) is 1. The SMILES string of the molecule is COc1ccc(NC(=O)c2ccc(NCC(=O)NCc3ccccc3S(=O)(=O)N(C)C)cc2)cc1. The van der Waals surface area contributed by atoms with Crippen molar-refractivity contribution in [3.63, 3.8) is 0 Å². The van der Waals surface area contributed by atoms with Gasteiger partial charge < -0.3 is 20.7 Å². The lowest BCUT2D eigenvalue weighted by Crippen LogP contribution is -2.30. The molecule has 0 aliphatic rings. The maximum absolute atomic E-state index is 12.5. The van der Waals surface area contributed by atoms with Crippen LogP contribution in [0.5, 0.6) is 5.75 Å². The molecule has 9 nitrogen and oxygen atoms in total. The van der Waals surface area contributed by atoms with Crippen molar-refractivity contribution in [3.8, 4) is 5.75 Å². The number of ether oxygens (including phenoxy) is 1. The number of sulfonamides is 1. The molecule has 0 aromatic heterocycles. The van der Waals surface area contributed by atoms with Crippen molar-refractivity contribution in [2.45, 2.75) is 11.4 Å². The summed E-state index contributed by atoms with van der Waals surface area (Å²) in [5.74, 6) is 0.138. The predicted molar refractivity (Wildman–Crippen MR) is 135 cm³/mol. The third-order valence-electron chi connectivity index (χ3n) is 5.16. The van der Waals surface area contributed by atoms with Gasteiger partial charge in [-0.25, -0.2) is 12.7 Å². The van der Waals surface area contributed by atoms with E-state index in [9.17, 15) is 18.0 Å². The van der Waals surface area contributed by atoms with Gasteiger partial charge in [0.25, 0.3) is 5.91 Å². The van der Waals surface area contributed by atoms with Gasteiger partial charge in [-0.15, -0.1) is 0 Å². The molecule has 0 bridgehead atoms. The van der Waals surface area contributed by atoms with E-state index in [1.807, 2.05) is 0 Å². The summed E-state index contributed by atoms with van der Waals surface area (Å²) in [5, 5.41) is 8.53. The number of rotatable bonds is 10. The minimum Gasteiger partial charge on any atom is -0.497 e. The molecule has 0 heterocycles. The molecule has 0 unspecified atom stereocenters. The van der Waals surface area contributed by atoms with Crippen molar-refractivity contribution in [2.24, 2.45) is 0 Å². The van der Waals surface area contributed by atoms with Crippen LogP contribution in [0.2, 0.25) is 0 Å². The smallest absolute Gasteiger partial charge is 0.255 e. The van der Waals surface area contributed by atoms with Gasteiger partial charge in [-0.1, -0.05) is 18.2 Å². The topological polar surface area (TPSA) is 117 Å². The molecule has 3 aromatic rings. The molecule has 3 N–H and O–H groups in total. The van der Waals surface area contributed by atoms with E-state index in [2.05, 4.69) is 16.0 Å². The fourth-order valence-corrected chi connectivity index (χ4v) is 4.27. The second-order valence-electron chi connectivity index (χ2n) is 7.79. The fourth-order valence-electron chi connectivity index (χ4n) is 3.15. The Morgan fingerprint density at radius 3 is 2.14 bits per heavy atom. The van der Waals surface area contributed by atoms with Crippen LogP contribution in [0.4, 0.5) is 11.4 Å². The first kappa shape index (κ1) is 25.7. The van der Waals surface area contributed by atoms with E-state index in [4.69, 9.17) is 4.74 Å². The van der Waals surface area contributed by atoms with Crippen LogP contribution in [0.25, 0.3) is 0 Å². The van der Waals surface area contributed by atoms with Crippen LogP contribution >= 0.6 is 0 Å². The number of carbonyl (C=O) groups is 2. The van der Waals surface area contributed by atoms with Gasteiger partial charge >= 0.3 is 0 Å². The Hall–Kier alpha value is -3.89. The largest absolute Gasteiger partial charge is 0.497 e. The molecule has 10 heteroatoms. The summed E-state index contributed by atoms with van der Waals surface area (Å²) in [5.41, 5.74) is 2.28. The molecular formula is C25H28N4O5S. The van der Waals surface area contributed by atoms with E-state index in [1.165, 1.54) is 20.2 Å². The Morgan fingerprint density at radius 2 is 1.51 bits per heavy atom. The number of hydrogen-bond acceptors (Lipinski definition) is 6. The second-order valence-corrected chi connectivity index (χ2v) is 9.91. The van der Waals surface area contributed by atoms with Crippen LogP contribution in [-0.4, -0.2) is 52.3 Å². The number of benzene rings is 3. The molecule has 0 saturated carbocycles. The highest BCUT2D eigenvalue weighted by Gasteiger charge is 2.20. The van der Waals surface area contributed by atoms with E-state index < -0.39 is 10.0 Å². The molecule has 0 radical (unpaired) electrons. The van der Waals surface area contributed by atoms with Crippen LogP contribution in [0.15, 0.2) is 77.7 Å². The van der Waals surface area contributed by atoms with Crippen LogP contribution < -0.4 is 20.7 Å². The Balaban J connectivity index is 1.51. The van der Waals surface area contributed by atoms with Gasteiger partial charge in [-0.3, -0.25) is 9.59 Å². The zero-order chi connectivity index (χ0) is 25.4. The monoisotopic (exact) mass is 496 g/mol. The van der Waals surface area contributed by atoms with Crippen LogP contribution in [0.3, 0.4) is 0 Å². The zero-order valence-electron chi connectivity index (χ0n) is 19.7. The zero-order valence-corrected chi connectivity index (χ0v) is 20.6. The summed E-state index contributed by atoms with van der Waals surface area (Å²) in [6.45, 7) is 0.0637. The first-order chi connectivity index (χ1) is 16.7. The molecule has 3 rings (SSSR count). The summed E-state index contributed by atoms with van der Waals surface area (Å²) in [6.07, 6.45) is 0. The van der Waals surface area contributed by atoms with E-state index in [-0.39, 0.29) is 29.8 Å². The van der Waals surface area contributed by atoms with Gasteiger partial charge in [0.2, 0.25) is 15.9 Å². The molecule has 0 atom stereocenters. The van der Waals surface area contributed by atoms with Crippen LogP contribution in [-0.2, 0) is 21.4 Å². The lowest BCUT2D eigenvalue weighted by Gasteiger charge is -2.15. The molecule has 0 aliphatic heterocycles. The highest BCUT2D eigenvalue weighted by atomic mass is 32.2. The summed E-state index contributed by atoms with van der Waals surface area (Å²) in [7, 11) is 0.879. The molecule has 0 aliphatic carbocycles. The Morgan fingerprint density at radius 1 is 0.886 bits per heavy atom. The van der Waals surface area contributed by atoms with E-state index in [0.29, 0.717) is 28.3 Å². The van der Waals surface area contributed by atoms with Crippen LogP contribution in [0, 0.1) is 0 Å². The predicted octanol–water partition coefficient (Wildman–Crippen LogP) is 2.93. The van der Waals surface area contributed by atoms with Crippen molar-refractivity contribution < 1.29 is 22.7 Å². The average Bonchev–Trinajstić information content (AvgIpc) is 2.87. The van der Waals surface area contributed by atoms with E-state index >= 15 is 0 Å². The van der Waals surface area contributed by atoms with Crippen molar-refractivity contribution in [1.29, 1.82) is 0 Å². The maximum Gasteiger partial charge on any atom is 0.255 e. The first-order valence-electron chi connectivity index (χ1n) is 10.8. The number of hydrogen-bond donors (Lipinski definition) is 3. The van der Waals surface area contributed by atoms with Gasteiger partial charge in [0.15, 0.2) is 0 Å². The number of amides is 2. The minimum absolute atomic E-state index is 0.0139. The Kier molecular flexibility index (Phi) is 8.45. The summed E-state index contributed by atoms with van der Waals surface area (Å²) in [4.78, 5) is 24.9. The van der Waals surface area contributed by atoms with Gasteiger partial charge in [-0.2, -0.15) is 0 Å². The molecule has 0 saturated heterocycles. The number of methoxy groups -OCH3 is 1. The Bertz CT molecular complexity index is 1270. The molecular weight excluding hydrogens is 468 g/mol. The fraction of sp³-hybridized carbons (Fsp3) is 0.200. The third-order valence-corrected chi connectivity index (χ3v) is 7.07. The molecule has 0 fully saturated rings. The molecule has 35 heavy (non-hydrogen) atoms. The number of anilines is 2. The number of nitrogens with one attached hydrogen (secondary N) is 3. The van der Waals surface area contributed by atoms with Gasteiger partial charge in [0, 0.05) is 37.6 Å². The Labute approximate surface area is 205 Å².